The fourth-order valence-corrected chi connectivity index (χ4v) is 2.95. The highest BCUT2D eigenvalue weighted by atomic mass is 16.5. The first kappa shape index (κ1) is 14.4. The number of fused-ring (bicyclic) bond motifs is 1. The van der Waals surface area contributed by atoms with Crippen LogP contribution in [0.1, 0.15) is 57.1 Å². The van der Waals surface area contributed by atoms with Crippen LogP contribution in [0.4, 0.5) is 0 Å². The first-order valence-electron chi connectivity index (χ1n) is 7.78. The van der Waals surface area contributed by atoms with E-state index in [1.54, 1.807) is 0 Å². The van der Waals surface area contributed by atoms with Crippen LogP contribution in [-0.4, -0.2) is 12.1 Å². The molecule has 2 unspecified atom stereocenters. The Hall–Kier alpha value is -1.02. The Morgan fingerprint density at radius 3 is 2.58 bits per heavy atom. The number of rotatable bonds is 6. The van der Waals surface area contributed by atoms with E-state index < -0.39 is 0 Å². The summed E-state index contributed by atoms with van der Waals surface area (Å²) in [5.41, 5.74) is 9.18. The van der Waals surface area contributed by atoms with Gasteiger partial charge in [-0.05, 0) is 61.8 Å². The van der Waals surface area contributed by atoms with Gasteiger partial charge in [0.15, 0.2) is 0 Å². The Kier molecular flexibility index (Phi) is 5.26. The van der Waals surface area contributed by atoms with E-state index in [0.717, 1.165) is 25.0 Å². The highest BCUT2D eigenvalue weighted by molar-refractivity contribution is 5.37. The monoisotopic (exact) mass is 261 g/mol. The van der Waals surface area contributed by atoms with Crippen molar-refractivity contribution in [2.24, 2.45) is 5.73 Å². The molecule has 0 saturated heterocycles. The predicted molar refractivity (Wildman–Crippen MR) is 80.7 cm³/mol. The first-order valence-corrected chi connectivity index (χ1v) is 7.78. The van der Waals surface area contributed by atoms with Gasteiger partial charge in [0.05, 0.1) is 0 Å². The first-order chi connectivity index (χ1) is 9.24. The van der Waals surface area contributed by atoms with Crippen LogP contribution >= 0.6 is 0 Å². The van der Waals surface area contributed by atoms with Gasteiger partial charge in [-0.3, -0.25) is 0 Å². The van der Waals surface area contributed by atoms with Crippen LogP contribution in [0, 0.1) is 0 Å². The van der Waals surface area contributed by atoms with E-state index >= 15 is 0 Å². The minimum Gasteiger partial charge on any atom is -0.489 e. The van der Waals surface area contributed by atoms with E-state index in [0.29, 0.717) is 0 Å². The molecule has 0 fully saturated rings. The van der Waals surface area contributed by atoms with Crippen molar-refractivity contribution in [1.82, 2.24) is 0 Å². The van der Waals surface area contributed by atoms with Gasteiger partial charge in [-0.1, -0.05) is 26.3 Å². The fraction of sp³-hybridized carbons (Fsp3) is 0.647. The van der Waals surface area contributed by atoms with Crippen molar-refractivity contribution in [2.75, 3.05) is 0 Å². The SMILES string of the molecule is CCCC(N)C(CC)Oc1ccc2c(c1)CCCC2. The van der Waals surface area contributed by atoms with Crippen molar-refractivity contribution < 1.29 is 4.74 Å². The summed E-state index contributed by atoms with van der Waals surface area (Å²) < 4.78 is 6.12. The van der Waals surface area contributed by atoms with E-state index in [1.807, 2.05) is 0 Å². The molecule has 0 aliphatic heterocycles. The van der Waals surface area contributed by atoms with E-state index in [-0.39, 0.29) is 12.1 Å². The molecule has 0 heterocycles. The van der Waals surface area contributed by atoms with Crippen LogP contribution in [0.25, 0.3) is 0 Å². The fourth-order valence-electron chi connectivity index (χ4n) is 2.95. The van der Waals surface area contributed by atoms with Crippen molar-refractivity contribution >= 4 is 0 Å². The molecule has 106 valence electrons. The average Bonchev–Trinajstić information content (AvgIpc) is 2.44. The molecule has 0 saturated carbocycles. The molecule has 1 aliphatic rings. The molecule has 0 aromatic heterocycles. The van der Waals surface area contributed by atoms with E-state index in [1.165, 1.54) is 36.8 Å². The molecule has 2 rings (SSSR count). The van der Waals surface area contributed by atoms with Crippen LogP contribution < -0.4 is 10.5 Å². The van der Waals surface area contributed by atoms with Crippen LogP contribution in [0.3, 0.4) is 0 Å². The van der Waals surface area contributed by atoms with Crippen molar-refractivity contribution in [1.29, 1.82) is 0 Å². The molecule has 0 radical (unpaired) electrons. The molecule has 0 spiro atoms. The molecule has 2 heteroatoms. The summed E-state index contributed by atoms with van der Waals surface area (Å²) in [6, 6.07) is 6.73. The number of benzene rings is 1. The van der Waals surface area contributed by atoms with Crippen LogP contribution in [-0.2, 0) is 12.8 Å². The summed E-state index contributed by atoms with van der Waals surface area (Å²) in [7, 11) is 0. The molecule has 1 aliphatic carbocycles. The third-order valence-corrected chi connectivity index (χ3v) is 4.11. The standard InChI is InChI=1S/C17H27NO/c1-3-7-16(18)17(4-2)19-15-11-10-13-8-5-6-9-14(13)12-15/h10-12,16-17H,3-9,18H2,1-2H3. The topological polar surface area (TPSA) is 35.2 Å². The second-order valence-corrected chi connectivity index (χ2v) is 5.65. The van der Waals surface area contributed by atoms with Gasteiger partial charge in [0.2, 0.25) is 0 Å². The summed E-state index contributed by atoms with van der Waals surface area (Å²) in [4.78, 5) is 0. The number of ether oxygens (including phenoxy) is 1. The zero-order chi connectivity index (χ0) is 13.7. The van der Waals surface area contributed by atoms with Crippen molar-refractivity contribution in [3.05, 3.63) is 29.3 Å². The molecule has 0 bridgehead atoms. The lowest BCUT2D eigenvalue weighted by Gasteiger charge is -2.25. The van der Waals surface area contributed by atoms with Gasteiger partial charge in [0, 0.05) is 6.04 Å². The summed E-state index contributed by atoms with van der Waals surface area (Å²) in [5, 5.41) is 0. The molecular weight excluding hydrogens is 234 g/mol. The zero-order valence-corrected chi connectivity index (χ0v) is 12.3. The van der Waals surface area contributed by atoms with Crippen molar-refractivity contribution in [3.8, 4) is 5.75 Å². The number of nitrogens with two attached hydrogens (primary N) is 1. The van der Waals surface area contributed by atoms with Gasteiger partial charge < -0.3 is 10.5 Å². The Labute approximate surface area is 117 Å². The third-order valence-electron chi connectivity index (χ3n) is 4.11. The van der Waals surface area contributed by atoms with E-state index in [4.69, 9.17) is 10.5 Å². The maximum Gasteiger partial charge on any atom is 0.120 e. The van der Waals surface area contributed by atoms with Gasteiger partial charge in [-0.25, -0.2) is 0 Å². The molecule has 2 nitrogen and oxygen atoms in total. The normalized spacial score (nSPS) is 17.6. The highest BCUT2D eigenvalue weighted by Gasteiger charge is 2.18. The minimum atomic E-state index is 0.140. The Morgan fingerprint density at radius 1 is 1.16 bits per heavy atom. The largest absolute Gasteiger partial charge is 0.489 e. The smallest absolute Gasteiger partial charge is 0.120 e. The van der Waals surface area contributed by atoms with Gasteiger partial charge >= 0.3 is 0 Å². The lowest BCUT2D eigenvalue weighted by atomic mass is 9.92. The number of aryl methyl sites for hydroxylation is 2. The lowest BCUT2D eigenvalue weighted by Crippen LogP contribution is -2.38. The Morgan fingerprint density at radius 2 is 1.89 bits per heavy atom. The summed E-state index contributed by atoms with van der Waals surface area (Å²) >= 11 is 0. The Bertz CT molecular complexity index is 402. The lowest BCUT2D eigenvalue weighted by molar-refractivity contribution is 0.161. The molecule has 1 aromatic rings. The van der Waals surface area contributed by atoms with Gasteiger partial charge in [-0.15, -0.1) is 0 Å². The maximum atomic E-state index is 6.20. The maximum absolute atomic E-state index is 6.20. The minimum absolute atomic E-state index is 0.140. The van der Waals surface area contributed by atoms with Crippen LogP contribution in [0.15, 0.2) is 18.2 Å². The zero-order valence-electron chi connectivity index (χ0n) is 12.3. The average molecular weight is 261 g/mol. The van der Waals surface area contributed by atoms with E-state index in [2.05, 4.69) is 32.0 Å². The van der Waals surface area contributed by atoms with Crippen molar-refractivity contribution in [2.45, 2.75) is 70.9 Å². The molecular formula is C17H27NO. The van der Waals surface area contributed by atoms with E-state index in [9.17, 15) is 0 Å². The number of hydrogen-bond donors (Lipinski definition) is 1. The Balaban J connectivity index is 2.05. The van der Waals surface area contributed by atoms with Gasteiger partial charge in [0.1, 0.15) is 11.9 Å². The molecule has 2 atom stereocenters. The molecule has 2 N–H and O–H groups in total. The predicted octanol–water partition coefficient (Wildman–Crippen LogP) is 3.85. The van der Waals surface area contributed by atoms with Gasteiger partial charge in [0.25, 0.3) is 0 Å². The quantitative estimate of drug-likeness (QED) is 0.844. The summed E-state index contributed by atoms with van der Waals surface area (Å²) in [6.07, 6.45) is 8.32. The third kappa shape index (κ3) is 3.73. The van der Waals surface area contributed by atoms with Gasteiger partial charge in [-0.2, -0.15) is 0 Å². The molecule has 0 amide bonds. The highest BCUT2D eigenvalue weighted by Crippen LogP contribution is 2.26. The second kappa shape index (κ2) is 6.95. The molecule has 1 aromatic carbocycles. The second-order valence-electron chi connectivity index (χ2n) is 5.65. The summed E-state index contributed by atoms with van der Waals surface area (Å²) in [6.45, 7) is 4.32. The molecule has 19 heavy (non-hydrogen) atoms. The summed E-state index contributed by atoms with van der Waals surface area (Å²) in [5.74, 6) is 0.999. The number of hydrogen-bond acceptors (Lipinski definition) is 2. The van der Waals surface area contributed by atoms with Crippen molar-refractivity contribution in [3.63, 3.8) is 0 Å². The van der Waals surface area contributed by atoms with Crippen LogP contribution in [0.5, 0.6) is 5.75 Å². The van der Waals surface area contributed by atoms with Crippen LogP contribution in [0.2, 0.25) is 0 Å².